The summed E-state index contributed by atoms with van der Waals surface area (Å²) in [7, 11) is 0. The largest absolute Gasteiger partial charge is 0.457 e. The summed E-state index contributed by atoms with van der Waals surface area (Å²) in [6.45, 7) is 3.68. The predicted molar refractivity (Wildman–Crippen MR) is 136 cm³/mol. The minimum atomic E-state index is -0.0626. The Kier molecular flexibility index (Phi) is 6.79. The second-order valence-electron chi connectivity index (χ2n) is 8.61. The molecule has 1 atom stereocenters. The zero-order valence-corrected chi connectivity index (χ0v) is 19.6. The Bertz CT molecular complexity index is 1260. The number of amides is 1. The van der Waals surface area contributed by atoms with E-state index in [4.69, 9.17) is 16.3 Å². The van der Waals surface area contributed by atoms with Crippen LogP contribution in [0.5, 0.6) is 11.5 Å². The Labute approximate surface area is 204 Å². The van der Waals surface area contributed by atoms with Gasteiger partial charge >= 0.3 is 0 Å². The average Bonchev–Trinajstić information content (AvgIpc) is 3.45. The highest BCUT2D eigenvalue weighted by Gasteiger charge is 2.20. The number of nitrogens with one attached hydrogen (secondary N) is 1. The molecule has 0 spiro atoms. The number of para-hydroxylation sites is 1. The highest BCUT2D eigenvalue weighted by Crippen LogP contribution is 2.23. The van der Waals surface area contributed by atoms with Crippen LogP contribution in [0.25, 0.3) is 10.9 Å². The number of anilines is 1. The molecule has 0 saturated carbocycles. The quantitative estimate of drug-likeness (QED) is 0.351. The number of hydrogen-bond donors (Lipinski definition) is 1. The van der Waals surface area contributed by atoms with Crippen molar-refractivity contribution in [3.63, 3.8) is 0 Å². The highest BCUT2D eigenvalue weighted by molar-refractivity contribution is 6.20. The normalized spacial score (nSPS) is 16.1. The molecule has 174 valence electrons. The van der Waals surface area contributed by atoms with Gasteiger partial charge in [-0.05, 0) is 61.0 Å². The van der Waals surface area contributed by atoms with Crippen LogP contribution in [0.1, 0.15) is 12.0 Å². The van der Waals surface area contributed by atoms with Gasteiger partial charge in [0.05, 0.1) is 24.7 Å². The zero-order chi connectivity index (χ0) is 23.3. The molecule has 3 aromatic carbocycles. The number of ether oxygens (including phenoxy) is 1. The summed E-state index contributed by atoms with van der Waals surface area (Å²) >= 11 is 6.22. The molecule has 0 aliphatic carbocycles. The fourth-order valence-corrected chi connectivity index (χ4v) is 4.53. The minimum Gasteiger partial charge on any atom is -0.457 e. The molecule has 7 heteroatoms. The number of benzene rings is 3. The molecule has 0 bridgehead atoms. The van der Waals surface area contributed by atoms with E-state index in [9.17, 15) is 4.79 Å². The Morgan fingerprint density at radius 1 is 1.03 bits per heavy atom. The average molecular weight is 475 g/mol. The maximum absolute atomic E-state index is 12.7. The molecule has 0 radical (unpaired) electrons. The summed E-state index contributed by atoms with van der Waals surface area (Å²) < 4.78 is 7.82. The first kappa shape index (κ1) is 22.4. The van der Waals surface area contributed by atoms with Crippen molar-refractivity contribution in [1.82, 2.24) is 14.7 Å². The van der Waals surface area contributed by atoms with Crippen molar-refractivity contribution in [3.05, 3.63) is 84.6 Å². The van der Waals surface area contributed by atoms with Crippen molar-refractivity contribution in [1.29, 1.82) is 0 Å². The highest BCUT2D eigenvalue weighted by atomic mass is 35.5. The van der Waals surface area contributed by atoms with Crippen LogP contribution < -0.4 is 10.1 Å². The number of carbonyl (C=O) groups excluding carboxylic acids is 1. The summed E-state index contributed by atoms with van der Waals surface area (Å²) in [4.78, 5) is 15.0. The molecule has 34 heavy (non-hydrogen) atoms. The van der Waals surface area contributed by atoms with Crippen LogP contribution in [0.3, 0.4) is 0 Å². The molecule has 1 unspecified atom stereocenters. The van der Waals surface area contributed by atoms with Gasteiger partial charge < -0.3 is 10.1 Å². The molecule has 1 aromatic heterocycles. The molecule has 5 rings (SSSR count). The molecule has 6 nitrogen and oxygen atoms in total. The summed E-state index contributed by atoms with van der Waals surface area (Å²) in [5.74, 6) is 1.46. The van der Waals surface area contributed by atoms with E-state index in [0.717, 1.165) is 66.3 Å². The van der Waals surface area contributed by atoms with Crippen molar-refractivity contribution >= 4 is 34.1 Å². The van der Waals surface area contributed by atoms with Crippen LogP contribution in [0, 0.1) is 0 Å². The van der Waals surface area contributed by atoms with E-state index in [1.54, 1.807) is 0 Å². The van der Waals surface area contributed by atoms with E-state index in [2.05, 4.69) is 15.3 Å². The predicted octanol–water partition coefficient (Wildman–Crippen LogP) is 5.32. The van der Waals surface area contributed by atoms with E-state index in [1.165, 1.54) is 0 Å². The van der Waals surface area contributed by atoms with Gasteiger partial charge in [-0.3, -0.25) is 14.4 Å². The van der Waals surface area contributed by atoms with E-state index < -0.39 is 0 Å². The maximum atomic E-state index is 12.7. The zero-order valence-electron chi connectivity index (χ0n) is 18.9. The molecule has 2 heterocycles. The van der Waals surface area contributed by atoms with E-state index in [1.807, 2.05) is 83.7 Å². The summed E-state index contributed by atoms with van der Waals surface area (Å²) in [6.07, 6.45) is 3.20. The number of rotatable bonds is 8. The number of halogens is 1. The third-order valence-electron chi connectivity index (χ3n) is 6.04. The fourth-order valence-electron chi connectivity index (χ4n) is 4.24. The Balaban J connectivity index is 1.18. The SMILES string of the molecule is O=C(Cc1ccc(Oc2ccccc2)cc1)Nc1ccc2cnn(CCN3CCC(Cl)C3)c2c1. The van der Waals surface area contributed by atoms with Gasteiger partial charge in [-0.1, -0.05) is 30.3 Å². The van der Waals surface area contributed by atoms with Crippen LogP contribution in [-0.4, -0.2) is 45.6 Å². The number of carbonyl (C=O) groups is 1. The minimum absolute atomic E-state index is 0.0626. The molecule has 4 aromatic rings. The molecule has 1 N–H and O–H groups in total. The lowest BCUT2D eigenvalue weighted by Gasteiger charge is -2.15. The lowest BCUT2D eigenvalue weighted by atomic mass is 10.1. The number of likely N-dealkylation sites (tertiary alicyclic amines) is 1. The summed E-state index contributed by atoms with van der Waals surface area (Å²) in [5, 5.41) is 8.86. The Morgan fingerprint density at radius 2 is 1.82 bits per heavy atom. The van der Waals surface area contributed by atoms with E-state index in [0.29, 0.717) is 0 Å². The third-order valence-corrected chi connectivity index (χ3v) is 6.39. The smallest absolute Gasteiger partial charge is 0.228 e. The Hall–Kier alpha value is -3.35. The Morgan fingerprint density at radius 3 is 2.59 bits per heavy atom. The topological polar surface area (TPSA) is 59.4 Å². The molecule has 1 amide bonds. The first-order chi connectivity index (χ1) is 16.6. The third kappa shape index (κ3) is 5.58. The van der Waals surface area contributed by atoms with Gasteiger partial charge in [0.2, 0.25) is 5.91 Å². The fraction of sp³-hybridized carbons (Fsp3) is 0.259. The molecule has 1 saturated heterocycles. The standard InChI is InChI=1S/C27H27ClN4O2/c28-22-12-13-31(19-22)14-15-32-26-17-23(9-8-21(26)18-29-32)30-27(33)16-20-6-10-25(11-7-20)34-24-4-2-1-3-5-24/h1-11,17-18,22H,12-16,19H2,(H,30,33). The lowest BCUT2D eigenvalue weighted by molar-refractivity contribution is -0.115. The van der Waals surface area contributed by atoms with Gasteiger partial charge in [0.25, 0.3) is 0 Å². The van der Waals surface area contributed by atoms with E-state index >= 15 is 0 Å². The van der Waals surface area contributed by atoms with Gasteiger partial charge in [-0.2, -0.15) is 5.10 Å². The van der Waals surface area contributed by atoms with Crippen LogP contribution in [0.15, 0.2) is 79.0 Å². The second kappa shape index (κ2) is 10.3. The van der Waals surface area contributed by atoms with E-state index in [-0.39, 0.29) is 17.7 Å². The number of hydrogen-bond acceptors (Lipinski definition) is 4. The van der Waals surface area contributed by atoms with Crippen molar-refractivity contribution in [2.24, 2.45) is 0 Å². The number of fused-ring (bicyclic) bond motifs is 1. The summed E-state index contributed by atoms with van der Waals surface area (Å²) in [5.41, 5.74) is 2.71. The molecule has 1 aliphatic heterocycles. The van der Waals surface area contributed by atoms with Gasteiger partial charge in [-0.15, -0.1) is 11.6 Å². The number of alkyl halides is 1. The number of nitrogens with zero attached hydrogens (tertiary/aromatic N) is 3. The first-order valence-corrected chi connectivity index (χ1v) is 12.0. The van der Waals surface area contributed by atoms with Crippen molar-refractivity contribution in [2.75, 3.05) is 25.0 Å². The van der Waals surface area contributed by atoms with Gasteiger partial charge in [0.15, 0.2) is 0 Å². The van der Waals surface area contributed by atoms with Crippen LogP contribution in [0.4, 0.5) is 5.69 Å². The molecule has 1 aliphatic rings. The molecular formula is C27H27ClN4O2. The van der Waals surface area contributed by atoms with Gasteiger partial charge in [0.1, 0.15) is 11.5 Å². The first-order valence-electron chi connectivity index (χ1n) is 11.6. The lowest BCUT2D eigenvalue weighted by Crippen LogP contribution is -2.25. The van der Waals surface area contributed by atoms with Gasteiger partial charge in [-0.25, -0.2) is 0 Å². The number of aromatic nitrogens is 2. The molecule has 1 fully saturated rings. The van der Waals surface area contributed by atoms with Gasteiger partial charge in [0, 0.05) is 29.5 Å². The summed E-state index contributed by atoms with van der Waals surface area (Å²) in [6, 6.07) is 23.1. The molecular weight excluding hydrogens is 448 g/mol. The maximum Gasteiger partial charge on any atom is 0.228 e. The van der Waals surface area contributed by atoms with Crippen LogP contribution in [0.2, 0.25) is 0 Å². The van der Waals surface area contributed by atoms with Crippen LogP contribution in [-0.2, 0) is 17.8 Å². The van der Waals surface area contributed by atoms with Crippen LogP contribution >= 0.6 is 11.6 Å². The second-order valence-corrected chi connectivity index (χ2v) is 9.23. The van der Waals surface area contributed by atoms with Crippen molar-refractivity contribution < 1.29 is 9.53 Å². The van der Waals surface area contributed by atoms with Crippen molar-refractivity contribution in [2.45, 2.75) is 24.8 Å². The van der Waals surface area contributed by atoms with Crippen molar-refractivity contribution in [3.8, 4) is 11.5 Å². The monoisotopic (exact) mass is 474 g/mol.